The normalized spacial score (nSPS) is 23.3. The summed E-state index contributed by atoms with van der Waals surface area (Å²) >= 11 is 0. The SMILES string of the molecule is CC1=C(C)C(C)(C2(CCc3ccccc3)C=Cc3cc4c(cc32)CCCC4)C(C)=C1C.[Hf]. The fraction of sp³-hybridized carbons (Fsp3) is 0.419. The van der Waals surface area contributed by atoms with Crippen molar-refractivity contribution >= 4 is 6.08 Å². The molecule has 32 heavy (non-hydrogen) atoms. The average Bonchev–Trinajstić information content (AvgIpc) is 3.24. The van der Waals surface area contributed by atoms with Crippen LogP contribution < -0.4 is 0 Å². The van der Waals surface area contributed by atoms with E-state index in [-0.39, 0.29) is 36.7 Å². The molecule has 0 radical (unpaired) electrons. The third-order valence-electron chi connectivity index (χ3n) is 9.27. The van der Waals surface area contributed by atoms with Crippen LogP contribution in [0, 0.1) is 5.41 Å². The molecule has 0 amide bonds. The number of allylic oxidation sites excluding steroid dienone is 5. The van der Waals surface area contributed by atoms with Gasteiger partial charge in [-0.25, -0.2) is 0 Å². The summed E-state index contributed by atoms with van der Waals surface area (Å²) in [7, 11) is 0. The van der Waals surface area contributed by atoms with E-state index in [1.54, 1.807) is 27.8 Å². The molecular formula is C31H36Hf. The quantitative estimate of drug-likeness (QED) is 0.317. The number of hydrogen-bond donors (Lipinski definition) is 0. The van der Waals surface area contributed by atoms with Crippen LogP contribution in [0.2, 0.25) is 0 Å². The third-order valence-corrected chi connectivity index (χ3v) is 9.27. The van der Waals surface area contributed by atoms with E-state index in [9.17, 15) is 0 Å². The van der Waals surface area contributed by atoms with Gasteiger partial charge in [0.05, 0.1) is 0 Å². The van der Waals surface area contributed by atoms with Crippen molar-refractivity contribution in [3.63, 3.8) is 0 Å². The van der Waals surface area contributed by atoms with E-state index in [4.69, 9.17) is 0 Å². The molecule has 1 heteroatoms. The van der Waals surface area contributed by atoms with Crippen LogP contribution >= 0.6 is 0 Å². The number of benzene rings is 2. The second kappa shape index (κ2) is 8.71. The molecule has 0 aromatic heterocycles. The van der Waals surface area contributed by atoms with Gasteiger partial charge in [-0.15, -0.1) is 0 Å². The molecule has 2 aromatic carbocycles. The van der Waals surface area contributed by atoms with Crippen LogP contribution in [0.5, 0.6) is 0 Å². The van der Waals surface area contributed by atoms with Crippen LogP contribution in [0.15, 0.2) is 70.8 Å². The Kier molecular flexibility index (Phi) is 6.45. The summed E-state index contributed by atoms with van der Waals surface area (Å²) in [6.45, 7) is 12.0. The summed E-state index contributed by atoms with van der Waals surface area (Å²) in [4.78, 5) is 0. The second-order valence-corrected chi connectivity index (χ2v) is 10.3. The Hall–Kier alpha value is -1.47. The Morgan fingerprint density at radius 2 is 1.41 bits per heavy atom. The summed E-state index contributed by atoms with van der Waals surface area (Å²) < 4.78 is 0. The van der Waals surface area contributed by atoms with Crippen LogP contribution in [0.25, 0.3) is 6.08 Å². The van der Waals surface area contributed by atoms with Gasteiger partial charge in [0.1, 0.15) is 0 Å². The Morgan fingerprint density at radius 1 is 0.812 bits per heavy atom. The molecule has 0 saturated carbocycles. The van der Waals surface area contributed by atoms with Crippen LogP contribution in [-0.2, 0) is 50.5 Å². The number of aryl methyl sites for hydroxylation is 3. The minimum absolute atomic E-state index is 0. The number of rotatable bonds is 4. The van der Waals surface area contributed by atoms with Gasteiger partial charge in [-0.2, -0.15) is 0 Å². The molecule has 0 aliphatic heterocycles. The van der Waals surface area contributed by atoms with Gasteiger partial charge in [-0.05, 0) is 105 Å². The summed E-state index contributed by atoms with van der Waals surface area (Å²) in [5.41, 5.74) is 13.9. The molecule has 164 valence electrons. The summed E-state index contributed by atoms with van der Waals surface area (Å²) in [6, 6.07) is 16.2. The second-order valence-electron chi connectivity index (χ2n) is 10.3. The Morgan fingerprint density at radius 3 is 2.03 bits per heavy atom. The minimum Gasteiger partial charge on any atom is -0.0721 e. The van der Waals surface area contributed by atoms with Crippen molar-refractivity contribution in [3.8, 4) is 0 Å². The average molecular weight is 587 g/mol. The molecule has 2 aromatic rings. The fourth-order valence-electron chi connectivity index (χ4n) is 6.80. The van der Waals surface area contributed by atoms with Crippen LogP contribution in [0.1, 0.15) is 81.7 Å². The van der Waals surface area contributed by atoms with Crippen molar-refractivity contribution in [2.45, 2.75) is 78.6 Å². The minimum atomic E-state index is 0. The van der Waals surface area contributed by atoms with Gasteiger partial charge in [0, 0.05) is 36.7 Å². The monoisotopic (exact) mass is 588 g/mol. The van der Waals surface area contributed by atoms with Crippen molar-refractivity contribution in [1.29, 1.82) is 0 Å². The predicted molar refractivity (Wildman–Crippen MR) is 133 cm³/mol. The van der Waals surface area contributed by atoms with E-state index >= 15 is 0 Å². The molecule has 5 rings (SSSR count). The van der Waals surface area contributed by atoms with E-state index in [0.717, 1.165) is 12.8 Å². The van der Waals surface area contributed by atoms with E-state index in [0.29, 0.717) is 0 Å². The summed E-state index contributed by atoms with van der Waals surface area (Å²) in [6.07, 6.45) is 12.5. The number of fused-ring (bicyclic) bond motifs is 2. The van der Waals surface area contributed by atoms with Crippen molar-refractivity contribution < 1.29 is 25.8 Å². The maximum absolute atomic E-state index is 2.61. The molecular weight excluding hydrogens is 551 g/mol. The summed E-state index contributed by atoms with van der Waals surface area (Å²) in [5, 5.41) is 0. The largest absolute Gasteiger partial charge is 0.0721 e. The van der Waals surface area contributed by atoms with Crippen molar-refractivity contribution in [3.05, 3.63) is 98.7 Å². The van der Waals surface area contributed by atoms with Crippen molar-refractivity contribution in [2.24, 2.45) is 5.41 Å². The zero-order valence-corrected chi connectivity index (χ0v) is 24.0. The first kappa shape index (κ1) is 23.7. The Labute approximate surface area is 213 Å². The molecule has 0 N–H and O–H groups in total. The van der Waals surface area contributed by atoms with Gasteiger partial charge < -0.3 is 0 Å². The molecule has 1 atom stereocenters. The first-order valence-corrected chi connectivity index (χ1v) is 12.1. The molecule has 1 unspecified atom stereocenters. The zero-order chi connectivity index (χ0) is 21.8. The standard InChI is InChI=1S/C31H36.Hf/c1-21-22(2)24(4)30(5,23(21)3)31(17-15-25-11-7-6-8-12-25)18-16-28-19-26-13-9-10-14-27(26)20-29(28)31;/h6-8,11-12,16,18-20H,9-10,13-15,17H2,1-5H3;. The maximum Gasteiger partial charge on any atom is 0.0273 e. The van der Waals surface area contributed by atoms with Crippen molar-refractivity contribution in [1.82, 2.24) is 0 Å². The van der Waals surface area contributed by atoms with Gasteiger partial charge in [0.15, 0.2) is 0 Å². The first-order chi connectivity index (χ1) is 14.9. The molecule has 0 saturated heterocycles. The maximum atomic E-state index is 2.61. The Bertz CT molecular complexity index is 1100. The van der Waals surface area contributed by atoms with Gasteiger partial charge in [0.2, 0.25) is 0 Å². The van der Waals surface area contributed by atoms with E-state index in [2.05, 4.69) is 89.2 Å². The smallest absolute Gasteiger partial charge is 0.0273 e. The van der Waals surface area contributed by atoms with Crippen LogP contribution in [-0.4, -0.2) is 0 Å². The van der Waals surface area contributed by atoms with Crippen molar-refractivity contribution in [2.75, 3.05) is 0 Å². The molecule has 0 fully saturated rings. The van der Waals surface area contributed by atoms with Crippen LogP contribution in [0.3, 0.4) is 0 Å². The molecule has 3 aliphatic rings. The molecule has 0 nitrogen and oxygen atoms in total. The van der Waals surface area contributed by atoms with Gasteiger partial charge >= 0.3 is 0 Å². The third kappa shape index (κ3) is 3.33. The van der Waals surface area contributed by atoms with Gasteiger partial charge in [0.25, 0.3) is 0 Å². The van der Waals surface area contributed by atoms with E-state index in [1.807, 2.05) is 0 Å². The number of hydrogen-bond acceptors (Lipinski definition) is 0. The van der Waals surface area contributed by atoms with Gasteiger partial charge in [-0.3, -0.25) is 0 Å². The topological polar surface area (TPSA) is 0 Å². The van der Waals surface area contributed by atoms with Crippen LogP contribution in [0.4, 0.5) is 0 Å². The molecule has 0 heterocycles. The molecule has 0 bridgehead atoms. The predicted octanol–water partition coefficient (Wildman–Crippen LogP) is 8.15. The Balaban J connectivity index is 0.00000245. The van der Waals surface area contributed by atoms with E-state index in [1.165, 1.54) is 48.0 Å². The zero-order valence-electron chi connectivity index (χ0n) is 20.4. The van der Waals surface area contributed by atoms with Gasteiger partial charge in [-0.1, -0.05) is 72.7 Å². The molecule has 0 spiro atoms. The van der Waals surface area contributed by atoms with E-state index < -0.39 is 0 Å². The first-order valence-electron chi connectivity index (χ1n) is 12.1. The summed E-state index contributed by atoms with van der Waals surface area (Å²) in [5.74, 6) is 0. The molecule has 3 aliphatic carbocycles. The fourth-order valence-corrected chi connectivity index (χ4v) is 6.80.